The first-order chi connectivity index (χ1) is 7.84. The second-order valence-corrected chi connectivity index (χ2v) is 3.60. The SMILES string of the molecule is Cc1ncn2ncc(-c3ccccc3)c2n1. The Bertz CT molecular complexity index is 628. The highest BCUT2D eigenvalue weighted by molar-refractivity contribution is 5.76. The van der Waals surface area contributed by atoms with Crippen LogP contribution in [0.3, 0.4) is 0 Å². The van der Waals surface area contributed by atoms with Crippen molar-refractivity contribution in [1.82, 2.24) is 19.6 Å². The van der Waals surface area contributed by atoms with Crippen LogP contribution >= 0.6 is 0 Å². The summed E-state index contributed by atoms with van der Waals surface area (Å²) in [6, 6.07) is 10.1. The van der Waals surface area contributed by atoms with Crippen molar-refractivity contribution in [3.05, 3.63) is 48.7 Å². The Morgan fingerprint density at radius 3 is 2.75 bits per heavy atom. The van der Waals surface area contributed by atoms with E-state index in [9.17, 15) is 0 Å². The fourth-order valence-corrected chi connectivity index (χ4v) is 1.69. The van der Waals surface area contributed by atoms with Gasteiger partial charge in [0.15, 0.2) is 5.65 Å². The van der Waals surface area contributed by atoms with Gasteiger partial charge in [-0.1, -0.05) is 30.3 Å². The third kappa shape index (κ3) is 1.35. The maximum Gasteiger partial charge on any atom is 0.166 e. The Morgan fingerprint density at radius 1 is 1.12 bits per heavy atom. The molecule has 0 radical (unpaired) electrons. The first kappa shape index (κ1) is 9.03. The van der Waals surface area contributed by atoms with E-state index in [4.69, 9.17) is 0 Å². The molecule has 1 aromatic carbocycles. The van der Waals surface area contributed by atoms with E-state index < -0.39 is 0 Å². The average molecular weight is 210 g/mol. The molecule has 0 aliphatic heterocycles. The van der Waals surface area contributed by atoms with Gasteiger partial charge in [-0.2, -0.15) is 5.10 Å². The van der Waals surface area contributed by atoms with Gasteiger partial charge in [0.05, 0.1) is 6.20 Å². The lowest BCUT2D eigenvalue weighted by Gasteiger charge is -1.98. The molecule has 0 bridgehead atoms. The van der Waals surface area contributed by atoms with Crippen molar-refractivity contribution in [3.8, 4) is 11.1 Å². The van der Waals surface area contributed by atoms with Gasteiger partial charge in [-0.05, 0) is 12.5 Å². The van der Waals surface area contributed by atoms with Gasteiger partial charge in [0.1, 0.15) is 12.2 Å². The summed E-state index contributed by atoms with van der Waals surface area (Å²) < 4.78 is 1.69. The molecule has 4 nitrogen and oxygen atoms in total. The number of hydrogen-bond donors (Lipinski definition) is 0. The molecule has 0 aliphatic carbocycles. The first-order valence-electron chi connectivity index (χ1n) is 5.07. The molecule has 4 heteroatoms. The van der Waals surface area contributed by atoms with E-state index in [1.54, 1.807) is 10.8 Å². The summed E-state index contributed by atoms with van der Waals surface area (Å²) in [5.74, 6) is 0.755. The van der Waals surface area contributed by atoms with Crippen LogP contribution in [0.5, 0.6) is 0 Å². The Morgan fingerprint density at radius 2 is 1.94 bits per heavy atom. The van der Waals surface area contributed by atoms with Crippen LogP contribution in [0, 0.1) is 6.92 Å². The average Bonchev–Trinajstić information content (AvgIpc) is 2.73. The quantitative estimate of drug-likeness (QED) is 0.617. The molecular weight excluding hydrogens is 200 g/mol. The Balaban J connectivity index is 2.29. The van der Waals surface area contributed by atoms with Crippen molar-refractivity contribution in [3.63, 3.8) is 0 Å². The topological polar surface area (TPSA) is 43.1 Å². The number of aromatic nitrogens is 4. The molecule has 3 aromatic rings. The number of nitrogens with zero attached hydrogens (tertiary/aromatic N) is 4. The highest BCUT2D eigenvalue weighted by Crippen LogP contribution is 2.22. The van der Waals surface area contributed by atoms with Crippen molar-refractivity contribution in [2.24, 2.45) is 0 Å². The maximum absolute atomic E-state index is 4.40. The van der Waals surface area contributed by atoms with Gasteiger partial charge in [-0.3, -0.25) is 0 Å². The largest absolute Gasteiger partial charge is 0.222 e. The van der Waals surface area contributed by atoms with Crippen LogP contribution in [0.1, 0.15) is 5.82 Å². The summed E-state index contributed by atoms with van der Waals surface area (Å²) in [7, 11) is 0. The molecule has 16 heavy (non-hydrogen) atoms. The molecule has 0 atom stereocenters. The van der Waals surface area contributed by atoms with E-state index >= 15 is 0 Å². The summed E-state index contributed by atoms with van der Waals surface area (Å²) in [5.41, 5.74) is 3.00. The van der Waals surface area contributed by atoms with Gasteiger partial charge in [0.2, 0.25) is 0 Å². The van der Waals surface area contributed by atoms with Gasteiger partial charge in [0, 0.05) is 5.56 Å². The summed E-state index contributed by atoms with van der Waals surface area (Å²) in [5, 5.41) is 4.23. The smallest absolute Gasteiger partial charge is 0.166 e. The molecular formula is C12H10N4. The number of hydrogen-bond acceptors (Lipinski definition) is 3. The third-order valence-electron chi connectivity index (χ3n) is 2.48. The van der Waals surface area contributed by atoms with E-state index in [2.05, 4.69) is 27.2 Å². The van der Waals surface area contributed by atoms with E-state index in [-0.39, 0.29) is 0 Å². The van der Waals surface area contributed by atoms with Crippen molar-refractivity contribution >= 4 is 5.65 Å². The number of aryl methyl sites for hydroxylation is 1. The highest BCUT2D eigenvalue weighted by atomic mass is 15.3. The maximum atomic E-state index is 4.40. The van der Waals surface area contributed by atoms with Crippen molar-refractivity contribution in [1.29, 1.82) is 0 Å². The predicted octanol–water partition coefficient (Wildman–Crippen LogP) is 2.10. The molecule has 0 fully saturated rings. The fourth-order valence-electron chi connectivity index (χ4n) is 1.69. The van der Waals surface area contributed by atoms with Crippen LogP contribution in [0.4, 0.5) is 0 Å². The van der Waals surface area contributed by atoms with E-state index in [1.807, 2.05) is 31.3 Å². The minimum Gasteiger partial charge on any atom is -0.222 e. The van der Waals surface area contributed by atoms with Gasteiger partial charge in [0.25, 0.3) is 0 Å². The molecule has 0 aliphatic rings. The van der Waals surface area contributed by atoms with Gasteiger partial charge in [-0.15, -0.1) is 0 Å². The minimum absolute atomic E-state index is 0.755. The Labute approximate surface area is 92.6 Å². The van der Waals surface area contributed by atoms with E-state index in [0.29, 0.717) is 0 Å². The summed E-state index contributed by atoms with van der Waals surface area (Å²) in [6.07, 6.45) is 3.50. The molecule has 0 spiro atoms. The monoisotopic (exact) mass is 210 g/mol. The van der Waals surface area contributed by atoms with E-state index in [0.717, 1.165) is 22.6 Å². The second kappa shape index (κ2) is 3.41. The zero-order valence-electron chi connectivity index (χ0n) is 8.83. The van der Waals surface area contributed by atoms with Crippen LogP contribution in [-0.4, -0.2) is 19.6 Å². The molecule has 2 aromatic heterocycles. The Kier molecular flexibility index (Phi) is 1.93. The lowest BCUT2D eigenvalue weighted by atomic mass is 10.1. The lowest BCUT2D eigenvalue weighted by molar-refractivity contribution is 0.869. The standard InChI is InChI=1S/C12H10N4/c1-9-13-8-16-12(15-9)11(7-14-16)10-5-3-2-4-6-10/h2-8H,1H3. The van der Waals surface area contributed by atoms with Crippen molar-refractivity contribution < 1.29 is 0 Å². The molecule has 0 unspecified atom stereocenters. The second-order valence-electron chi connectivity index (χ2n) is 3.60. The van der Waals surface area contributed by atoms with Gasteiger partial charge < -0.3 is 0 Å². The minimum atomic E-state index is 0.755. The lowest BCUT2D eigenvalue weighted by Crippen LogP contribution is -1.95. The van der Waals surface area contributed by atoms with Crippen LogP contribution in [0.15, 0.2) is 42.9 Å². The van der Waals surface area contributed by atoms with Crippen LogP contribution in [0.2, 0.25) is 0 Å². The highest BCUT2D eigenvalue weighted by Gasteiger charge is 2.07. The molecule has 2 heterocycles. The molecule has 0 amide bonds. The van der Waals surface area contributed by atoms with E-state index in [1.165, 1.54) is 0 Å². The van der Waals surface area contributed by atoms with Gasteiger partial charge >= 0.3 is 0 Å². The number of fused-ring (bicyclic) bond motifs is 1. The summed E-state index contributed by atoms with van der Waals surface area (Å²) in [4.78, 5) is 8.51. The summed E-state index contributed by atoms with van der Waals surface area (Å²) >= 11 is 0. The third-order valence-corrected chi connectivity index (χ3v) is 2.48. The molecule has 78 valence electrons. The number of benzene rings is 1. The van der Waals surface area contributed by atoms with Crippen LogP contribution in [0.25, 0.3) is 16.8 Å². The molecule has 0 saturated heterocycles. The van der Waals surface area contributed by atoms with Crippen LogP contribution < -0.4 is 0 Å². The molecule has 0 N–H and O–H groups in total. The van der Waals surface area contributed by atoms with Gasteiger partial charge in [-0.25, -0.2) is 14.5 Å². The van der Waals surface area contributed by atoms with Crippen molar-refractivity contribution in [2.45, 2.75) is 6.92 Å². The zero-order chi connectivity index (χ0) is 11.0. The van der Waals surface area contributed by atoms with Crippen molar-refractivity contribution in [2.75, 3.05) is 0 Å². The predicted molar refractivity (Wildman–Crippen MR) is 61.0 cm³/mol. The Hall–Kier alpha value is -2.23. The first-order valence-corrected chi connectivity index (χ1v) is 5.07. The normalized spacial score (nSPS) is 10.8. The summed E-state index contributed by atoms with van der Waals surface area (Å²) in [6.45, 7) is 1.88. The molecule has 3 rings (SSSR count). The zero-order valence-corrected chi connectivity index (χ0v) is 8.83. The number of rotatable bonds is 1. The molecule has 0 saturated carbocycles. The van der Waals surface area contributed by atoms with Crippen LogP contribution in [-0.2, 0) is 0 Å². The fraction of sp³-hybridized carbons (Fsp3) is 0.0833.